The van der Waals surface area contributed by atoms with Gasteiger partial charge >= 0.3 is 0 Å². The van der Waals surface area contributed by atoms with Crippen molar-refractivity contribution in [2.45, 2.75) is 97.0 Å². The molecule has 0 radical (unpaired) electrons. The minimum absolute atomic E-state index is 0.0721. The molecule has 2 aliphatic heterocycles. The van der Waals surface area contributed by atoms with Crippen LogP contribution in [0.1, 0.15) is 82.1 Å². The number of aromatic nitrogens is 1. The lowest BCUT2D eigenvalue weighted by Gasteiger charge is -2.27. The van der Waals surface area contributed by atoms with Crippen molar-refractivity contribution in [3.63, 3.8) is 0 Å². The Morgan fingerprint density at radius 1 is 0.886 bits per heavy atom. The number of amides is 3. The van der Waals surface area contributed by atoms with Crippen LogP contribution >= 0.6 is 0 Å². The zero-order valence-corrected chi connectivity index (χ0v) is 26.6. The van der Waals surface area contributed by atoms with Gasteiger partial charge < -0.3 is 25.2 Å². The number of likely N-dealkylation sites (tertiary alicyclic amines) is 1. The highest BCUT2D eigenvalue weighted by Crippen LogP contribution is 2.29. The topological polar surface area (TPSA) is 146 Å². The Hall–Kier alpha value is -3.57. The third-order valence-corrected chi connectivity index (χ3v) is 8.05. The average Bonchev–Trinajstić information content (AvgIpc) is 3.33. The lowest BCUT2D eigenvalue weighted by molar-refractivity contribution is -0.133. The van der Waals surface area contributed by atoms with Gasteiger partial charge in [0, 0.05) is 12.5 Å². The van der Waals surface area contributed by atoms with Gasteiger partial charge in [0.1, 0.15) is 17.7 Å². The van der Waals surface area contributed by atoms with Gasteiger partial charge in [-0.25, -0.2) is 0 Å². The van der Waals surface area contributed by atoms with Crippen molar-refractivity contribution >= 4 is 23.5 Å². The maximum atomic E-state index is 13.7. The second-order valence-electron chi connectivity index (χ2n) is 13.1. The molecular weight excluding hydrogens is 562 g/mol. The van der Waals surface area contributed by atoms with Crippen LogP contribution in [-0.2, 0) is 32.1 Å². The van der Waals surface area contributed by atoms with Crippen LogP contribution in [0.2, 0.25) is 0 Å². The Morgan fingerprint density at radius 2 is 1.48 bits per heavy atom. The number of hydrogen-bond acceptors (Lipinski definition) is 8. The Labute approximate surface area is 259 Å². The molecular formula is C33H47N5O6. The van der Waals surface area contributed by atoms with Gasteiger partial charge in [0.2, 0.25) is 11.8 Å². The molecule has 11 nitrogen and oxygen atoms in total. The summed E-state index contributed by atoms with van der Waals surface area (Å²) in [5.74, 6) is -0.846. The summed E-state index contributed by atoms with van der Waals surface area (Å²) in [6.45, 7) is 12.5. The fraction of sp³-hybridized carbons (Fsp3) is 0.606. The van der Waals surface area contributed by atoms with Crippen molar-refractivity contribution in [3.05, 3.63) is 53.4 Å². The number of ketones is 1. The fourth-order valence-corrected chi connectivity index (χ4v) is 5.52. The van der Waals surface area contributed by atoms with E-state index in [0.29, 0.717) is 31.8 Å². The minimum Gasteiger partial charge on any atom is -0.361 e. The van der Waals surface area contributed by atoms with Crippen LogP contribution in [-0.4, -0.2) is 77.0 Å². The zero-order chi connectivity index (χ0) is 31.9. The van der Waals surface area contributed by atoms with Crippen molar-refractivity contribution in [3.8, 4) is 0 Å². The molecule has 3 N–H and O–H groups in total. The molecule has 0 bridgehead atoms. The predicted octanol–water partition coefficient (Wildman–Crippen LogP) is 3.03. The molecule has 1 aromatic heterocycles. The molecule has 2 unspecified atom stereocenters. The van der Waals surface area contributed by atoms with Crippen molar-refractivity contribution in [1.82, 2.24) is 26.0 Å². The first-order chi connectivity index (χ1) is 20.9. The highest BCUT2D eigenvalue weighted by atomic mass is 16.6. The molecule has 2 fully saturated rings. The summed E-state index contributed by atoms with van der Waals surface area (Å²) in [7, 11) is 0. The molecule has 44 heavy (non-hydrogen) atoms. The number of benzene rings is 1. The lowest BCUT2D eigenvalue weighted by atomic mass is 9.93. The summed E-state index contributed by atoms with van der Waals surface area (Å²) in [4.78, 5) is 56.0. The molecule has 0 spiro atoms. The van der Waals surface area contributed by atoms with Crippen LogP contribution in [0.4, 0.5) is 0 Å². The first kappa shape index (κ1) is 33.3. The van der Waals surface area contributed by atoms with E-state index in [1.165, 1.54) is 0 Å². The van der Waals surface area contributed by atoms with Gasteiger partial charge in [-0.2, -0.15) is 0 Å². The van der Waals surface area contributed by atoms with E-state index < -0.39 is 41.4 Å². The molecule has 3 heterocycles. The Morgan fingerprint density at radius 3 is 2.09 bits per heavy atom. The second-order valence-corrected chi connectivity index (χ2v) is 13.1. The number of hydrogen-bond donors (Lipinski definition) is 3. The molecule has 0 aliphatic carbocycles. The third-order valence-electron chi connectivity index (χ3n) is 8.05. The molecule has 4 rings (SSSR count). The summed E-state index contributed by atoms with van der Waals surface area (Å²) in [5.41, 5.74) is 0.0486. The maximum Gasteiger partial charge on any atom is 0.274 e. The van der Waals surface area contributed by atoms with Crippen molar-refractivity contribution < 1.29 is 28.4 Å². The number of carbonyl (C=O) groups excluding carboxylic acids is 4. The Bertz CT molecular complexity index is 1280. The van der Waals surface area contributed by atoms with Crippen LogP contribution in [0.15, 0.2) is 40.9 Å². The van der Waals surface area contributed by atoms with Crippen LogP contribution in [0.5, 0.6) is 0 Å². The smallest absolute Gasteiger partial charge is 0.274 e. The molecule has 2 saturated heterocycles. The Balaban J connectivity index is 1.48. The van der Waals surface area contributed by atoms with E-state index >= 15 is 0 Å². The highest BCUT2D eigenvalue weighted by molar-refractivity contribution is 5.99. The first-order valence-electron chi connectivity index (χ1n) is 15.7. The van der Waals surface area contributed by atoms with E-state index in [9.17, 15) is 19.2 Å². The van der Waals surface area contributed by atoms with E-state index in [1.807, 2.05) is 58.0 Å². The van der Waals surface area contributed by atoms with Crippen molar-refractivity contribution in [2.75, 3.05) is 19.7 Å². The summed E-state index contributed by atoms with van der Waals surface area (Å²) in [6.07, 6.45) is 3.28. The number of carbonyl (C=O) groups is 4. The van der Waals surface area contributed by atoms with E-state index in [1.54, 1.807) is 13.0 Å². The number of epoxide rings is 1. The van der Waals surface area contributed by atoms with Crippen molar-refractivity contribution in [2.24, 2.45) is 11.8 Å². The summed E-state index contributed by atoms with van der Waals surface area (Å²) < 4.78 is 10.8. The van der Waals surface area contributed by atoms with Crippen molar-refractivity contribution in [1.29, 1.82) is 0 Å². The monoisotopic (exact) mass is 609 g/mol. The first-order valence-corrected chi connectivity index (χ1v) is 15.7. The number of Topliss-reactive ketones (excluding diaryl/α,β-unsaturated/α-hetero) is 1. The summed E-state index contributed by atoms with van der Waals surface area (Å²) in [6, 6.07) is 8.31. The third kappa shape index (κ3) is 9.46. The van der Waals surface area contributed by atoms with E-state index in [0.717, 1.165) is 31.5 Å². The van der Waals surface area contributed by atoms with Gasteiger partial charge in [-0.3, -0.25) is 24.1 Å². The molecule has 2 aromatic rings. The average molecular weight is 610 g/mol. The molecule has 1 aromatic carbocycles. The lowest BCUT2D eigenvalue weighted by Crippen LogP contribution is -2.57. The molecule has 0 saturated carbocycles. The van der Waals surface area contributed by atoms with Gasteiger partial charge in [0.05, 0.1) is 19.2 Å². The van der Waals surface area contributed by atoms with E-state index in [-0.39, 0.29) is 29.7 Å². The molecule has 3 amide bonds. The zero-order valence-electron chi connectivity index (χ0n) is 26.6. The number of nitrogens with zero attached hydrogens (tertiary/aromatic N) is 2. The largest absolute Gasteiger partial charge is 0.361 e. The summed E-state index contributed by atoms with van der Waals surface area (Å²) in [5, 5.41) is 12.5. The van der Waals surface area contributed by atoms with Crippen LogP contribution < -0.4 is 16.0 Å². The van der Waals surface area contributed by atoms with Crippen LogP contribution in [0.25, 0.3) is 0 Å². The number of rotatable bonds is 16. The van der Waals surface area contributed by atoms with Crippen LogP contribution in [0, 0.1) is 11.8 Å². The second kappa shape index (κ2) is 14.9. The quantitative estimate of drug-likeness (QED) is 0.246. The van der Waals surface area contributed by atoms with Gasteiger partial charge in [0.25, 0.3) is 5.91 Å². The Kier molecular flexibility index (Phi) is 11.3. The standard InChI is InChI=1S/C33H47N5O6/c1-21(2)15-25(29(39)33(5)20-43-33)34-31(41)27(17-23-11-7-6-8-12-23)36-30(40)26(16-22(3)4)35-32(42)28-18-24(44-37-28)19-38-13-9-10-14-38/h6-8,11-12,18,21-22,25-27H,9-10,13-17,19-20H2,1-5H3,(H,34,41)(H,35,42)(H,36,40)/t25?,26?,27-,33+/m0/s1. The minimum atomic E-state index is -0.981. The SMILES string of the molecule is CC(C)CC(NC(=O)c1cc(CN2CCCC2)on1)C(=O)N[C@@H](Cc1ccccc1)C(=O)NC(CC(C)C)C(=O)[C@@]1(C)CO1. The van der Waals surface area contributed by atoms with E-state index in [2.05, 4.69) is 26.0 Å². The number of nitrogens with one attached hydrogen (secondary N) is 3. The van der Waals surface area contributed by atoms with Gasteiger partial charge in [0.15, 0.2) is 17.2 Å². The van der Waals surface area contributed by atoms with Gasteiger partial charge in [-0.1, -0.05) is 63.2 Å². The fourth-order valence-electron chi connectivity index (χ4n) is 5.52. The number of ether oxygens (including phenoxy) is 1. The normalized spacial score (nSPS) is 20.2. The molecule has 240 valence electrons. The molecule has 11 heteroatoms. The van der Waals surface area contributed by atoms with Crippen LogP contribution in [0.3, 0.4) is 0 Å². The van der Waals surface area contributed by atoms with Gasteiger partial charge in [-0.15, -0.1) is 0 Å². The highest BCUT2D eigenvalue weighted by Gasteiger charge is 2.50. The molecule has 4 atom stereocenters. The van der Waals surface area contributed by atoms with E-state index in [4.69, 9.17) is 9.26 Å². The summed E-state index contributed by atoms with van der Waals surface area (Å²) >= 11 is 0. The van der Waals surface area contributed by atoms with Gasteiger partial charge in [-0.05, 0) is 63.1 Å². The predicted molar refractivity (Wildman–Crippen MR) is 165 cm³/mol. The maximum absolute atomic E-state index is 13.7. The molecule has 2 aliphatic rings.